The summed E-state index contributed by atoms with van der Waals surface area (Å²) in [6.45, 7) is 4.86. The summed E-state index contributed by atoms with van der Waals surface area (Å²) in [6, 6.07) is 8.55. The maximum Gasteiger partial charge on any atom is 0.203 e. The Morgan fingerprint density at radius 1 is 1.20 bits per heavy atom. The highest BCUT2D eigenvalue weighted by molar-refractivity contribution is 5.61. The Hall–Kier alpha value is -2.43. The fourth-order valence-corrected chi connectivity index (χ4v) is 2.26. The van der Waals surface area contributed by atoms with Gasteiger partial charge >= 0.3 is 0 Å². The second kappa shape index (κ2) is 5.28. The van der Waals surface area contributed by atoms with Gasteiger partial charge in [-0.25, -0.2) is 4.98 Å². The molecular formula is C15H17N5. The lowest BCUT2D eigenvalue weighted by atomic mass is 10.1. The lowest BCUT2D eigenvalue weighted by Gasteiger charge is -2.07. The molecule has 0 aliphatic heterocycles. The van der Waals surface area contributed by atoms with E-state index in [0.717, 1.165) is 30.3 Å². The van der Waals surface area contributed by atoms with Gasteiger partial charge in [0.15, 0.2) is 5.82 Å². The van der Waals surface area contributed by atoms with Gasteiger partial charge in [0.1, 0.15) is 5.82 Å². The maximum absolute atomic E-state index is 4.33. The number of nitrogens with one attached hydrogen (secondary N) is 1. The standard InChI is InChI=1S/C15H17N5/c1-11-4-3-5-13(10-11)6-7-16-14-15-19-18-12(2)20(15)9-8-17-14/h3-5,8-10H,6-7H2,1-2H3,(H,16,17). The van der Waals surface area contributed by atoms with Gasteiger partial charge in [0.05, 0.1) is 0 Å². The molecule has 1 N–H and O–H groups in total. The van der Waals surface area contributed by atoms with Crippen LogP contribution in [-0.2, 0) is 6.42 Å². The average molecular weight is 267 g/mol. The fraction of sp³-hybridized carbons (Fsp3) is 0.267. The number of hydrogen-bond donors (Lipinski definition) is 1. The summed E-state index contributed by atoms with van der Waals surface area (Å²) in [6.07, 6.45) is 4.59. The van der Waals surface area contributed by atoms with Crippen molar-refractivity contribution in [1.82, 2.24) is 19.6 Å². The Bertz CT molecular complexity index is 732. The smallest absolute Gasteiger partial charge is 0.203 e. The minimum absolute atomic E-state index is 0.772. The molecule has 0 spiro atoms. The highest BCUT2D eigenvalue weighted by atomic mass is 15.3. The molecule has 2 aromatic heterocycles. The molecule has 0 saturated carbocycles. The third kappa shape index (κ3) is 2.47. The first-order valence-corrected chi connectivity index (χ1v) is 6.70. The predicted molar refractivity (Wildman–Crippen MR) is 78.9 cm³/mol. The van der Waals surface area contributed by atoms with Gasteiger partial charge in [0.2, 0.25) is 5.65 Å². The van der Waals surface area contributed by atoms with Crippen LogP contribution in [0.4, 0.5) is 5.82 Å². The molecule has 3 rings (SSSR count). The third-order valence-electron chi connectivity index (χ3n) is 3.29. The Kier molecular flexibility index (Phi) is 3.33. The SMILES string of the molecule is Cc1cccc(CCNc2nccn3c(C)nnc23)c1. The molecule has 2 heterocycles. The molecule has 5 nitrogen and oxygen atoms in total. The van der Waals surface area contributed by atoms with E-state index in [0.29, 0.717) is 0 Å². The van der Waals surface area contributed by atoms with Gasteiger partial charge < -0.3 is 5.32 Å². The molecule has 1 aromatic carbocycles. The van der Waals surface area contributed by atoms with Crippen LogP contribution in [0.3, 0.4) is 0 Å². The summed E-state index contributed by atoms with van der Waals surface area (Å²) in [4.78, 5) is 4.33. The van der Waals surface area contributed by atoms with E-state index in [1.807, 2.05) is 17.5 Å². The van der Waals surface area contributed by atoms with Gasteiger partial charge in [-0.1, -0.05) is 29.8 Å². The summed E-state index contributed by atoms with van der Waals surface area (Å²) in [5, 5.41) is 11.5. The fourth-order valence-electron chi connectivity index (χ4n) is 2.26. The normalized spacial score (nSPS) is 10.9. The predicted octanol–water partition coefficient (Wildman–Crippen LogP) is 2.40. The van der Waals surface area contributed by atoms with Crippen molar-refractivity contribution in [3.63, 3.8) is 0 Å². The molecule has 0 bridgehead atoms. The van der Waals surface area contributed by atoms with E-state index < -0.39 is 0 Å². The van der Waals surface area contributed by atoms with E-state index in [9.17, 15) is 0 Å². The lowest BCUT2D eigenvalue weighted by Crippen LogP contribution is -2.08. The molecule has 0 radical (unpaired) electrons. The minimum Gasteiger partial charge on any atom is -0.367 e. The molecule has 0 saturated heterocycles. The largest absolute Gasteiger partial charge is 0.367 e. The molecule has 20 heavy (non-hydrogen) atoms. The van der Waals surface area contributed by atoms with E-state index in [4.69, 9.17) is 0 Å². The summed E-state index contributed by atoms with van der Waals surface area (Å²) in [5.74, 6) is 1.64. The van der Waals surface area contributed by atoms with Crippen LogP contribution in [-0.4, -0.2) is 26.1 Å². The summed E-state index contributed by atoms with van der Waals surface area (Å²) < 4.78 is 1.93. The van der Waals surface area contributed by atoms with Crippen molar-refractivity contribution in [1.29, 1.82) is 0 Å². The van der Waals surface area contributed by atoms with Crippen molar-refractivity contribution in [3.8, 4) is 0 Å². The van der Waals surface area contributed by atoms with E-state index in [2.05, 4.69) is 51.7 Å². The molecule has 0 atom stereocenters. The number of benzene rings is 1. The molecule has 0 amide bonds. The van der Waals surface area contributed by atoms with E-state index in [1.54, 1.807) is 6.20 Å². The first-order chi connectivity index (χ1) is 9.74. The van der Waals surface area contributed by atoms with Gasteiger partial charge in [0.25, 0.3) is 0 Å². The Morgan fingerprint density at radius 2 is 2.10 bits per heavy atom. The number of hydrogen-bond acceptors (Lipinski definition) is 4. The molecule has 0 fully saturated rings. The highest BCUT2D eigenvalue weighted by Gasteiger charge is 2.06. The van der Waals surface area contributed by atoms with Gasteiger partial charge in [-0.15, -0.1) is 10.2 Å². The molecule has 3 aromatic rings. The lowest BCUT2D eigenvalue weighted by molar-refractivity contribution is 0.986. The summed E-state index contributed by atoms with van der Waals surface area (Å²) in [7, 11) is 0. The average Bonchev–Trinajstić information content (AvgIpc) is 2.82. The third-order valence-corrected chi connectivity index (χ3v) is 3.29. The quantitative estimate of drug-likeness (QED) is 0.788. The van der Waals surface area contributed by atoms with Crippen molar-refractivity contribution < 1.29 is 0 Å². The number of nitrogens with zero attached hydrogens (tertiary/aromatic N) is 4. The van der Waals surface area contributed by atoms with Crippen LogP contribution in [0, 0.1) is 13.8 Å². The van der Waals surface area contributed by atoms with E-state index in [1.165, 1.54) is 11.1 Å². The molecular weight excluding hydrogens is 250 g/mol. The molecule has 0 unspecified atom stereocenters. The topological polar surface area (TPSA) is 55.1 Å². The van der Waals surface area contributed by atoms with Crippen LogP contribution in [0.5, 0.6) is 0 Å². The number of aryl methyl sites for hydroxylation is 2. The van der Waals surface area contributed by atoms with Crippen LogP contribution in [0.1, 0.15) is 17.0 Å². The van der Waals surface area contributed by atoms with Gasteiger partial charge in [-0.2, -0.15) is 0 Å². The molecule has 5 heteroatoms. The van der Waals surface area contributed by atoms with E-state index >= 15 is 0 Å². The van der Waals surface area contributed by atoms with Gasteiger partial charge in [-0.3, -0.25) is 4.40 Å². The van der Waals surface area contributed by atoms with Gasteiger partial charge in [-0.05, 0) is 25.8 Å². The van der Waals surface area contributed by atoms with Crippen LogP contribution in [0.15, 0.2) is 36.7 Å². The summed E-state index contributed by atoms with van der Waals surface area (Å²) in [5.41, 5.74) is 3.38. The minimum atomic E-state index is 0.772. The highest BCUT2D eigenvalue weighted by Crippen LogP contribution is 2.12. The Balaban J connectivity index is 1.71. The number of fused-ring (bicyclic) bond motifs is 1. The van der Waals surface area contributed by atoms with Crippen molar-refractivity contribution in [2.45, 2.75) is 20.3 Å². The Labute approximate surface area is 117 Å². The molecule has 0 aliphatic rings. The second-order valence-electron chi connectivity index (χ2n) is 4.88. The zero-order valence-electron chi connectivity index (χ0n) is 11.7. The van der Waals surface area contributed by atoms with Crippen LogP contribution in [0.25, 0.3) is 5.65 Å². The monoisotopic (exact) mass is 267 g/mol. The van der Waals surface area contributed by atoms with Crippen molar-refractivity contribution >= 4 is 11.5 Å². The van der Waals surface area contributed by atoms with Crippen molar-refractivity contribution in [3.05, 3.63) is 53.6 Å². The van der Waals surface area contributed by atoms with Crippen molar-refractivity contribution in [2.24, 2.45) is 0 Å². The summed E-state index contributed by atoms with van der Waals surface area (Å²) >= 11 is 0. The zero-order valence-corrected chi connectivity index (χ0v) is 11.7. The Morgan fingerprint density at radius 3 is 2.95 bits per heavy atom. The van der Waals surface area contributed by atoms with Crippen molar-refractivity contribution in [2.75, 3.05) is 11.9 Å². The number of aromatic nitrogens is 4. The maximum atomic E-state index is 4.33. The second-order valence-corrected chi connectivity index (χ2v) is 4.88. The van der Waals surface area contributed by atoms with Crippen LogP contribution >= 0.6 is 0 Å². The first-order valence-electron chi connectivity index (χ1n) is 6.70. The number of rotatable bonds is 4. The van der Waals surface area contributed by atoms with Crippen LogP contribution in [0.2, 0.25) is 0 Å². The first kappa shape index (κ1) is 12.6. The molecule has 102 valence electrons. The van der Waals surface area contributed by atoms with E-state index in [-0.39, 0.29) is 0 Å². The zero-order chi connectivity index (χ0) is 13.9. The van der Waals surface area contributed by atoms with Gasteiger partial charge in [0, 0.05) is 18.9 Å². The molecule has 0 aliphatic carbocycles. The number of anilines is 1. The van der Waals surface area contributed by atoms with Crippen LogP contribution < -0.4 is 5.32 Å².